The second-order valence-corrected chi connectivity index (χ2v) is 6.35. The second kappa shape index (κ2) is 6.55. The van der Waals surface area contributed by atoms with Crippen LogP contribution < -0.4 is 5.32 Å². The summed E-state index contributed by atoms with van der Waals surface area (Å²) in [5, 5.41) is 12.9. The predicted octanol–water partition coefficient (Wildman–Crippen LogP) is 3.05. The Kier molecular flexibility index (Phi) is 5.04. The van der Waals surface area contributed by atoms with Gasteiger partial charge < -0.3 is 10.4 Å². The molecule has 0 amide bonds. The Morgan fingerprint density at radius 1 is 1.11 bits per heavy atom. The number of carboxylic acid groups (broad SMARTS) is 1. The fourth-order valence-electron chi connectivity index (χ4n) is 3.56. The Morgan fingerprint density at radius 2 is 1.78 bits per heavy atom. The van der Waals surface area contributed by atoms with E-state index in [0.717, 1.165) is 31.7 Å². The zero-order valence-corrected chi connectivity index (χ0v) is 11.5. The van der Waals surface area contributed by atoms with E-state index in [1.807, 2.05) is 0 Å². The molecule has 2 aliphatic carbocycles. The van der Waals surface area contributed by atoms with E-state index in [0.29, 0.717) is 12.0 Å². The lowest BCUT2D eigenvalue weighted by Gasteiger charge is -2.32. The first-order valence-corrected chi connectivity index (χ1v) is 7.63. The van der Waals surface area contributed by atoms with E-state index in [2.05, 4.69) is 12.2 Å². The molecule has 3 nitrogen and oxygen atoms in total. The lowest BCUT2D eigenvalue weighted by Crippen LogP contribution is -2.40. The summed E-state index contributed by atoms with van der Waals surface area (Å²) in [5.41, 5.74) is 0. The van der Waals surface area contributed by atoms with Gasteiger partial charge >= 0.3 is 5.97 Å². The van der Waals surface area contributed by atoms with Crippen LogP contribution in [0.2, 0.25) is 0 Å². The number of hydrogen-bond donors (Lipinski definition) is 2. The van der Waals surface area contributed by atoms with Crippen LogP contribution in [0.25, 0.3) is 0 Å². The van der Waals surface area contributed by atoms with Crippen molar-refractivity contribution >= 4 is 5.97 Å². The van der Waals surface area contributed by atoms with Crippen molar-refractivity contribution in [2.24, 2.45) is 17.8 Å². The lowest BCUT2D eigenvalue weighted by molar-refractivity contribution is -0.144. The predicted molar refractivity (Wildman–Crippen MR) is 72.5 cm³/mol. The minimum atomic E-state index is -0.584. The molecule has 3 heteroatoms. The Labute approximate surface area is 110 Å². The van der Waals surface area contributed by atoms with Crippen molar-refractivity contribution in [1.29, 1.82) is 0 Å². The number of carboxylic acids is 1. The fraction of sp³-hybridized carbons (Fsp3) is 0.933. The van der Waals surface area contributed by atoms with Gasteiger partial charge in [0.15, 0.2) is 0 Å². The summed E-state index contributed by atoms with van der Waals surface area (Å²) in [7, 11) is 0. The van der Waals surface area contributed by atoms with E-state index in [4.69, 9.17) is 0 Å². The third-order valence-electron chi connectivity index (χ3n) is 4.91. The normalized spacial score (nSPS) is 37.4. The SMILES string of the molecule is CC1CCC(NCC2CCCCC2C(=O)O)CC1. The molecule has 2 rings (SSSR count). The molecule has 0 aromatic carbocycles. The van der Waals surface area contributed by atoms with Gasteiger partial charge in [-0.25, -0.2) is 0 Å². The minimum Gasteiger partial charge on any atom is -0.481 e. The van der Waals surface area contributed by atoms with Crippen LogP contribution in [0.1, 0.15) is 58.3 Å². The van der Waals surface area contributed by atoms with Gasteiger partial charge in [-0.1, -0.05) is 19.8 Å². The molecule has 18 heavy (non-hydrogen) atoms. The smallest absolute Gasteiger partial charge is 0.306 e. The van der Waals surface area contributed by atoms with Crippen molar-refractivity contribution < 1.29 is 9.90 Å². The topological polar surface area (TPSA) is 49.3 Å². The van der Waals surface area contributed by atoms with Crippen LogP contribution in [-0.2, 0) is 4.79 Å². The highest BCUT2D eigenvalue weighted by Crippen LogP contribution is 2.30. The van der Waals surface area contributed by atoms with Gasteiger partial charge in [0, 0.05) is 6.04 Å². The quantitative estimate of drug-likeness (QED) is 0.809. The largest absolute Gasteiger partial charge is 0.481 e. The molecule has 0 saturated heterocycles. The molecule has 2 saturated carbocycles. The first-order chi connectivity index (χ1) is 8.66. The van der Waals surface area contributed by atoms with E-state index in [1.54, 1.807) is 0 Å². The van der Waals surface area contributed by atoms with Crippen molar-refractivity contribution in [2.75, 3.05) is 6.54 Å². The average Bonchev–Trinajstić information content (AvgIpc) is 2.38. The fourth-order valence-corrected chi connectivity index (χ4v) is 3.56. The number of carbonyl (C=O) groups is 1. The molecular formula is C15H27NO2. The van der Waals surface area contributed by atoms with Gasteiger partial charge in [-0.2, -0.15) is 0 Å². The highest BCUT2D eigenvalue weighted by atomic mass is 16.4. The molecule has 0 aromatic heterocycles. The third kappa shape index (κ3) is 3.71. The van der Waals surface area contributed by atoms with Crippen LogP contribution >= 0.6 is 0 Å². The second-order valence-electron chi connectivity index (χ2n) is 6.35. The van der Waals surface area contributed by atoms with Crippen LogP contribution in [0.15, 0.2) is 0 Å². The minimum absolute atomic E-state index is 0.103. The van der Waals surface area contributed by atoms with Gasteiger partial charge in [0.2, 0.25) is 0 Å². The maximum absolute atomic E-state index is 11.2. The highest BCUT2D eigenvalue weighted by Gasteiger charge is 2.31. The molecule has 0 aliphatic heterocycles. The summed E-state index contributed by atoms with van der Waals surface area (Å²) < 4.78 is 0. The van der Waals surface area contributed by atoms with Crippen molar-refractivity contribution in [3.8, 4) is 0 Å². The third-order valence-corrected chi connectivity index (χ3v) is 4.91. The highest BCUT2D eigenvalue weighted by molar-refractivity contribution is 5.70. The molecule has 0 spiro atoms. The van der Waals surface area contributed by atoms with E-state index in [-0.39, 0.29) is 5.92 Å². The summed E-state index contributed by atoms with van der Waals surface area (Å²) in [6.07, 6.45) is 9.45. The van der Waals surface area contributed by atoms with Gasteiger partial charge in [0.1, 0.15) is 0 Å². The summed E-state index contributed by atoms with van der Waals surface area (Å²) in [4.78, 5) is 11.2. The molecule has 2 N–H and O–H groups in total. The van der Waals surface area contributed by atoms with Gasteiger partial charge in [-0.15, -0.1) is 0 Å². The summed E-state index contributed by atoms with van der Waals surface area (Å²) >= 11 is 0. The van der Waals surface area contributed by atoms with E-state index in [1.165, 1.54) is 32.1 Å². The van der Waals surface area contributed by atoms with Crippen LogP contribution in [0.3, 0.4) is 0 Å². The molecule has 104 valence electrons. The molecular weight excluding hydrogens is 226 g/mol. The molecule has 0 heterocycles. The number of nitrogens with one attached hydrogen (secondary N) is 1. The summed E-state index contributed by atoms with van der Waals surface area (Å²) in [5.74, 6) is 0.549. The first-order valence-electron chi connectivity index (χ1n) is 7.63. The van der Waals surface area contributed by atoms with Gasteiger partial charge in [0.25, 0.3) is 0 Å². The lowest BCUT2D eigenvalue weighted by atomic mass is 9.79. The maximum atomic E-state index is 11.2. The van der Waals surface area contributed by atoms with Gasteiger partial charge in [-0.05, 0) is 56.9 Å². The molecule has 2 unspecified atom stereocenters. The molecule has 0 bridgehead atoms. The monoisotopic (exact) mass is 253 g/mol. The molecule has 0 aromatic rings. The van der Waals surface area contributed by atoms with E-state index >= 15 is 0 Å². The van der Waals surface area contributed by atoms with Crippen molar-refractivity contribution in [3.05, 3.63) is 0 Å². The first kappa shape index (κ1) is 13.9. The van der Waals surface area contributed by atoms with Crippen molar-refractivity contribution in [1.82, 2.24) is 5.32 Å². The zero-order chi connectivity index (χ0) is 13.0. The van der Waals surface area contributed by atoms with Crippen LogP contribution in [0, 0.1) is 17.8 Å². The zero-order valence-electron chi connectivity index (χ0n) is 11.5. The molecule has 2 atom stereocenters. The van der Waals surface area contributed by atoms with Crippen LogP contribution in [0.5, 0.6) is 0 Å². The standard InChI is InChI=1S/C15H27NO2/c1-11-6-8-13(9-7-11)16-10-12-4-2-3-5-14(12)15(17)18/h11-14,16H,2-10H2,1H3,(H,17,18). The van der Waals surface area contributed by atoms with E-state index in [9.17, 15) is 9.90 Å². The summed E-state index contributed by atoms with van der Waals surface area (Å²) in [6, 6.07) is 0.637. The number of aliphatic carboxylic acids is 1. The van der Waals surface area contributed by atoms with Gasteiger partial charge in [0.05, 0.1) is 5.92 Å². The average molecular weight is 253 g/mol. The Balaban J connectivity index is 1.75. The molecule has 2 aliphatic rings. The number of hydrogen-bond acceptors (Lipinski definition) is 2. The Bertz CT molecular complexity index is 272. The van der Waals surface area contributed by atoms with Crippen LogP contribution in [0.4, 0.5) is 0 Å². The molecule has 0 radical (unpaired) electrons. The van der Waals surface area contributed by atoms with Gasteiger partial charge in [-0.3, -0.25) is 4.79 Å². The van der Waals surface area contributed by atoms with E-state index < -0.39 is 5.97 Å². The van der Waals surface area contributed by atoms with Crippen molar-refractivity contribution in [2.45, 2.75) is 64.3 Å². The molecule has 2 fully saturated rings. The summed E-state index contributed by atoms with van der Waals surface area (Å²) in [6.45, 7) is 3.24. The Morgan fingerprint density at radius 3 is 2.44 bits per heavy atom. The maximum Gasteiger partial charge on any atom is 0.306 e. The van der Waals surface area contributed by atoms with Crippen molar-refractivity contribution in [3.63, 3.8) is 0 Å². The Hall–Kier alpha value is -0.570. The van der Waals surface area contributed by atoms with Crippen LogP contribution in [-0.4, -0.2) is 23.7 Å². The number of rotatable bonds is 4.